The van der Waals surface area contributed by atoms with Gasteiger partial charge in [0.1, 0.15) is 6.04 Å². The maximum atomic E-state index is 12.5. The average molecular weight is 287 g/mol. The summed E-state index contributed by atoms with van der Waals surface area (Å²) < 4.78 is 42.2. The molecule has 20 heavy (non-hydrogen) atoms. The second kappa shape index (κ2) is 5.83. The van der Waals surface area contributed by atoms with E-state index >= 15 is 0 Å². The molecular formula is C14H16F3NO2. The zero-order valence-corrected chi connectivity index (χ0v) is 11.0. The van der Waals surface area contributed by atoms with Crippen LogP contribution in [0.2, 0.25) is 0 Å². The van der Waals surface area contributed by atoms with E-state index in [2.05, 4.69) is 10.1 Å². The Bertz CT molecular complexity index is 470. The molecule has 1 saturated heterocycles. The molecule has 1 N–H and O–H groups in total. The van der Waals surface area contributed by atoms with Crippen LogP contribution < -0.4 is 5.32 Å². The molecule has 0 aliphatic carbocycles. The summed E-state index contributed by atoms with van der Waals surface area (Å²) in [5, 5.41) is 3.05. The largest absolute Gasteiger partial charge is 0.468 e. The fraction of sp³-hybridized carbons (Fsp3) is 0.500. The van der Waals surface area contributed by atoms with Gasteiger partial charge in [0.05, 0.1) is 12.7 Å². The number of benzene rings is 1. The molecule has 1 aromatic carbocycles. The third kappa shape index (κ3) is 3.30. The molecule has 0 unspecified atom stereocenters. The van der Waals surface area contributed by atoms with Gasteiger partial charge in [-0.1, -0.05) is 12.1 Å². The number of ether oxygens (including phenoxy) is 1. The Morgan fingerprint density at radius 3 is 2.50 bits per heavy atom. The topological polar surface area (TPSA) is 38.3 Å². The van der Waals surface area contributed by atoms with Crippen LogP contribution >= 0.6 is 0 Å². The Morgan fingerprint density at radius 2 is 1.95 bits per heavy atom. The number of methoxy groups -OCH3 is 1. The van der Waals surface area contributed by atoms with Crippen LogP contribution in [0.25, 0.3) is 0 Å². The van der Waals surface area contributed by atoms with E-state index in [4.69, 9.17) is 0 Å². The van der Waals surface area contributed by atoms with E-state index in [1.807, 2.05) is 0 Å². The van der Waals surface area contributed by atoms with Gasteiger partial charge in [0.25, 0.3) is 0 Å². The van der Waals surface area contributed by atoms with Crippen LogP contribution in [0.1, 0.15) is 29.9 Å². The Labute approximate surface area is 115 Å². The highest BCUT2D eigenvalue weighted by atomic mass is 19.4. The van der Waals surface area contributed by atoms with Gasteiger partial charge in [0.2, 0.25) is 0 Å². The third-order valence-electron chi connectivity index (χ3n) is 3.60. The first-order chi connectivity index (χ1) is 9.41. The third-order valence-corrected chi connectivity index (χ3v) is 3.60. The minimum absolute atomic E-state index is 0.0719. The average Bonchev–Trinajstić information content (AvgIpc) is 2.46. The standard InChI is InChI=1S/C14H16F3NO2/c1-20-13(19)12-8-10(6-7-18-12)9-2-4-11(5-3-9)14(15,16)17/h2-5,10,12,18H,6-8H2,1H3/t10-,12-/m0/s1. The highest BCUT2D eigenvalue weighted by Gasteiger charge is 2.31. The minimum Gasteiger partial charge on any atom is -0.468 e. The van der Waals surface area contributed by atoms with Crippen LogP contribution in [0.4, 0.5) is 13.2 Å². The van der Waals surface area contributed by atoms with Crippen molar-refractivity contribution in [3.63, 3.8) is 0 Å². The number of hydrogen-bond donors (Lipinski definition) is 1. The molecule has 6 heteroatoms. The number of alkyl halides is 3. The van der Waals surface area contributed by atoms with Crippen molar-refractivity contribution < 1.29 is 22.7 Å². The van der Waals surface area contributed by atoms with Crippen molar-refractivity contribution in [2.24, 2.45) is 0 Å². The van der Waals surface area contributed by atoms with Gasteiger partial charge >= 0.3 is 12.1 Å². The lowest BCUT2D eigenvalue weighted by Crippen LogP contribution is -2.43. The molecule has 1 aliphatic heterocycles. The zero-order chi connectivity index (χ0) is 14.8. The first-order valence-electron chi connectivity index (χ1n) is 6.40. The van der Waals surface area contributed by atoms with Crippen molar-refractivity contribution in [1.29, 1.82) is 0 Å². The molecule has 1 fully saturated rings. The molecular weight excluding hydrogens is 271 g/mol. The molecule has 1 aromatic rings. The van der Waals surface area contributed by atoms with Crippen molar-refractivity contribution in [3.05, 3.63) is 35.4 Å². The van der Waals surface area contributed by atoms with Gasteiger partial charge in [-0.3, -0.25) is 4.79 Å². The Morgan fingerprint density at radius 1 is 1.30 bits per heavy atom. The summed E-state index contributed by atoms with van der Waals surface area (Å²) in [7, 11) is 1.33. The lowest BCUT2D eigenvalue weighted by molar-refractivity contribution is -0.143. The number of esters is 1. The highest BCUT2D eigenvalue weighted by Crippen LogP contribution is 2.32. The van der Waals surface area contributed by atoms with Crippen molar-refractivity contribution in [2.75, 3.05) is 13.7 Å². The highest BCUT2D eigenvalue weighted by molar-refractivity contribution is 5.75. The van der Waals surface area contributed by atoms with Crippen molar-refractivity contribution in [2.45, 2.75) is 31.0 Å². The summed E-state index contributed by atoms with van der Waals surface area (Å²) in [6.45, 7) is 0.644. The Kier molecular flexibility index (Phi) is 4.32. The van der Waals surface area contributed by atoms with Gasteiger partial charge in [-0.15, -0.1) is 0 Å². The molecule has 0 amide bonds. The van der Waals surface area contributed by atoms with E-state index in [-0.39, 0.29) is 17.9 Å². The van der Waals surface area contributed by atoms with Crippen LogP contribution in [-0.2, 0) is 15.7 Å². The van der Waals surface area contributed by atoms with E-state index in [1.54, 1.807) is 0 Å². The second-order valence-electron chi connectivity index (χ2n) is 4.87. The number of nitrogens with one attached hydrogen (secondary N) is 1. The fourth-order valence-electron chi connectivity index (χ4n) is 2.49. The maximum Gasteiger partial charge on any atom is 0.416 e. The van der Waals surface area contributed by atoms with E-state index in [0.717, 1.165) is 24.1 Å². The van der Waals surface area contributed by atoms with E-state index in [1.165, 1.54) is 19.2 Å². The molecule has 1 heterocycles. The summed E-state index contributed by atoms with van der Waals surface area (Å²) in [4.78, 5) is 11.5. The summed E-state index contributed by atoms with van der Waals surface area (Å²) in [5.74, 6) is -0.260. The molecule has 2 atom stereocenters. The number of carbonyl (C=O) groups excluding carboxylic acids is 1. The van der Waals surface area contributed by atoms with Crippen LogP contribution in [0.15, 0.2) is 24.3 Å². The first-order valence-corrected chi connectivity index (χ1v) is 6.40. The molecule has 0 saturated carbocycles. The SMILES string of the molecule is COC(=O)[C@@H]1C[C@@H](c2ccc(C(F)(F)F)cc2)CCN1. The number of piperidine rings is 1. The van der Waals surface area contributed by atoms with E-state index < -0.39 is 11.7 Å². The normalized spacial score (nSPS) is 23.4. The molecule has 110 valence electrons. The monoisotopic (exact) mass is 287 g/mol. The van der Waals surface area contributed by atoms with Gasteiger partial charge < -0.3 is 10.1 Å². The van der Waals surface area contributed by atoms with Crippen LogP contribution in [0.3, 0.4) is 0 Å². The molecule has 0 bridgehead atoms. The van der Waals surface area contributed by atoms with Gasteiger partial charge in [-0.2, -0.15) is 13.2 Å². The lowest BCUT2D eigenvalue weighted by Gasteiger charge is -2.29. The van der Waals surface area contributed by atoms with E-state index in [0.29, 0.717) is 13.0 Å². The number of hydrogen-bond acceptors (Lipinski definition) is 3. The zero-order valence-electron chi connectivity index (χ0n) is 11.0. The molecule has 3 nitrogen and oxygen atoms in total. The summed E-state index contributed by atoms with van der Waals surface area (Å²) in [6, 6.07) is 4.77. The van der Waals surface area contributed by atoms with Crippen molar-refractivity contribution >= 4 is 5.97 Å². The first kappa shape index (κ1) is 14.8. The summed E-state index contributed by atoms with van der Waals surface area (Å²) in [6.07, 6.45) is -2.99. The summed E-state index contributed by atoms with van der Waals surface area (Å²) >= 11 is 0. The molecule has 2 rings (SSSR count). The number of rotatable bonds is 2. The molecule has 1 aliphatic rings. The van der Waals surface area contributed by atoms with Gasteiger partial charge in [0, 0.05) is 0 Å². The van der Waals surface area contributed by atoms with Gasteiger partial charge in [0.15, 0.2) is 0 Å². The Hall–Kier alpha value is -1.56. The van der Waals surface area contributed by atoms with Crippen molar-refractivity contribution in [1.82, 2.24) is 5.32 Å². The number of halogens is 3. The molecule has 0 aromatic heterocycles. The Balaban J connectivity index is 2.09. The minimum atomic E-state index is -4.32. The molecule has 0 spiro atoms. The smallest absolute Gasteiger partial charge is 0.416 e. The number of carbonyl (C=O) groups is 1. The van der Waals surface area contributed by atoms with Crippen molar-refractivity contribution in [3.8, 4) is 0 Å². The predicted molar refractivity (Wildman–Crippen MR) is 67.2 cm³/mol. The summed E-state index contributed by atoms with van der Waals surface area (Å²) in [5.41, 5.74) is 0.174. The lowest BCUT2D eigenvalue weighted by atomic mass is 9.86. The molecule has 0 radical (unpaired) electrons. The van der Waals surface area contributed by atoms with Crippen LogP contribution in [0, 0.1) is 0 Å². The van der Waals surface area contributed by atoms with Crippen LogP contribution in [-0.4, -0.2) is 25.7 Å². The predicted octanol–water partition coefficient (Wildman–Crippen LogP) is 2.71. The van der Waals surface area contributed by atoms with E-state index in [9.17, 15) is 18.0 Å². The maximum absolute atomic E-state index is 12.5. The fourth-order valence-corrected chi connectivity index (χ4v) is 2.49. The van der Waals surface area contributed by atoms with Crippen LogP contribution in [0.5, 0.6) is 0 Å². The quantitative estimate of drug-likeness (QED) is 0.850. The van der Waals surface area contributed by atoms with Gasteiger partial charge in [-0.25, -0.2) is 0 Å². The second-order valence-corrected chi connectivity index (χ2v) is 4.87. The van der Waals surface area contributed by atoms with Gasteiger partial charge in [-0.05, 0) is 43.0 Å².